The molecule has 136 valence electrons. The molecule has 2 aromatic rings. The topological polar surface area (TPSA) is 12.5 Å². The van der Waals surface area contributed by atoms with Crippen LogP contribution in [0.1, 0.15) is 30.9 Å². The molecule has 3 rings (SSSR count). The van der Waals surface area contributed by atoms with E-state index in [1.807, 2.05) is 30.3 Å². The maximum atomic E-state index is 6.13. The SMILES string of the molecule is CCCC1/C(=C/c2cccc(Cl)c2)SC(=S)N1Cc1ccc(OC)cc1. The van der Waals surface area contributed by atoms with Crippen LogP contribution in [0.4, 0.5) is 0 Å². The van der Waals surface area contributed by atoms with Gasteiger partial charge >= 0.3 is 0 Å². The van der Waals surface area contributed by atoms with Gasteiger partial charge in [-0.2, -0.15) is 0 Å². The van der Waals surface area contributed by atoms with Gasteiger partial charge in [0.05, 0.1) is 13.2 Å². The van der Waals surface area contributed by atoms with Crippen LogP contribution < -0.4 is 4.74 Å². The molecule has 2 aromatic carbocycles. The van der Waals surface area contributed by atoms with Crippen LogP contribution in [0.25, 0.3) is 6.08 Å². The Kier molecular flexibility index (Phi) is 6.63. The maximum absolute atomic E-state index is 6.13. The molecule has 1 heterocycles. The van der Waals surface area contributed by atoms with E-state index in [-0.39, 0.29) is 0 Å². The van der Waals surface area contributed by atoms with Crippen LogP contribution in [0.15, 0.2) is 53.4 Å². The molecule has 1 aliphatic heterocycles. The molecule has 0 aliphatic carbocycles. The van der Waals surface area contributed by atoms with Gasteiger partial charge in [0.1, 0.15) is 10.1 Å². The molecule has 0 aromatic heterocycles. The number of rotatable bonds is 6. The molecule has 0 saturated carbocycles. The second-order valence-electron chi connectivity index (χ2n) is 6.25. The third-order valence-corrected chi connectivity index (χ3v) is 6.13. The van der Waals surface area contributed by atoms with Crippen molar-refractivity contribution >= 4 is 46.0 Å². The molecular weight excluding hydrogens is 382 g/mol. The molecule has 1 unspecified atom stereocenters. The lowest BCUT2D eigenvalue weighted by Gasteiger charge is -2.26. The zero-order chi connectivity index (χ0) is 18.5. The maximum Gasteiger partial charge on any atom is 0.141 e. The van der Waals surface area contributed by atoms with Crippen LogP contribution >= 0.6 is 35.6 Å². The standard InChI is InChI=1S/C21H22ClNOS2/c1-3-5-19-20(13-16-6-4-7-17(22)12-16)26-21(25)23(19)14-15-8-10-18(24-2)11-9-15/h4,6-13,19H,3,5,14H2,1-2H3/b20-13-. The van der Waals surface area contributed by atoms with Crippen LogP contribution in [0.3, 0.4) is 0 Å². The predicted octanol–water partition coefficient (Wildman–Crippen LogP) is 6.39. The van der Waals surface area contributed by atoms with E-state index in [2.05, 4.69) is 36.1 Å². The summed E-state index contributed by atoms with van der Waals surface area (Å²) < 4.78 is 6.19. The Morgan fingerprint density at radius 1 is 1.23 bits per heavy atom. The monoisotopic (exact) mass is 403 g/mol. The van der Waals surface area contributed by atoms with Crippen molar-refractivity contribution in [3.8, 4) is 5.75 Å². The Morgan fingerprint density at radius 3 is 2.65 bits per heavy atom. The first kappa shape index (κ1) is 19.3. The first-order valence-corrected chi connectivity index (χ1v) is 10.3. The Bertz CT molecular complexity index is 804. The number of ether oxygens (including phenoxy) is 1. The van der Waals surface area contributed by atoms with Crippen molar-refractivity contribution < 1.29 is 4.74 Å². The van der Waals surface area contributed by atoms with E-state index < -0.39 is 0 Å². The average Bonchev–Trinajstić information content (AvgIpc) is 2.91. The number of methoxy groups -OCH3 is 1. The molecule has 1 fully saturated rings. The molecule has 1 atom stereocenters. The van der Waals surface area contributed by atoms with Gasteiger partial charge in [0.2, 0.25) is 0 Å². The van der Waals surface area contributed by atoms with Gasteiger partial charge in [0, 0.05) is 16.5 Å². The lowest BCUT2D eigenvalue weighted by molar-refractivity contribution is 0.348. The highest BCUT2D eigenvalue weighted by Gasteiger charge is 2.32. The van der Waals surface area contributed by atoms with Gasteiger partial charge in [-0.25, -0.2) is 0 Å². The number of hydrogen-bond acceptors (Lipinski definition) is 3. The molecule has 0 spiro atoms. The summed E-state index contributed by atoms with van der Waals surface area (Å²) in [5, 5.41) is 0.757. The highest BCUT2D eigenvalue weighted by atomic mass is 35.5. The van der Waals surface area contributed by atoms with E-state index in [0.717, 1.165) is 40.0 Å². The van der Waals surface area contributed by atoms with E-state index in [9.17, 15) is 0 Å². The fraction of sp³-hybridized carbons (Fsp3) is 0.286. The van der Waals surface area contributed by atoms with Crippen LogP contribution in [-0.2, 0) is 6.54 Å². The predicted molar refractivity (Wildman–Crippen MR) is 117 cm³/mol. The third kappa shape index (κ3) is 4.61. The summed E-state index contributed by atoms with van der Waals surface area (Å²) in [6.07, 6.45) is 4.41. The molecule has 2 nitrogen and oxygen atoms in total. The number of hydrogen-bond donors (Lipinski definition) is 0. The van der Waals surface area contributed by atoms with Crippen LogP contribution in [0.2, 0.25) is 5.02 Å². The van der Waals surface area contributed by atoms with E-state index in [0.29, 0.717) is 6.04 Å². The van der Waals surface area contributed by atoms with Crippen molar-refractivity contribution in [3.63, 3.8) is 0 Å². The van der Waals surface area contributed by atoms with Gasteiger partial charge in [0.25, 0.3) is 0 Å². The Balaban J connectivity index is 1.84. The van der Waals surface area contributed by atoms with Crippen molar-refractivity contribution in [2.24, 2.45) is 0 Å². The summed E-state index contributed by atoms with van der Waals surface area (Å²) in [7, 11) is 1.69. The highest BCUT2D eigenvalue weighted by Crippen LogP contribution is 2.40. The van der Waals surface area contributed by atoms with Crippen molar-refractivity contribution in [3.05, 3.63) is 69.6 Å². The van der Waals surface area contributed by atoms with Gasteiger partial charge in [0.15, 0.2) is 0 Å². The molecule has 5 heteroatoms. The number of thiocarbonyl (C=S) groups is 1. The fourth-order valence-electron chi connectivity index (χ4n) is 3.07. The van der Waals surface area contributed by atoms with Gasteiger partial charge in [-0.1, -0.05) is 73.2 Å². The molecule has 1 aliphatic rings. The zero-order valence-electron chi connectivity index (χ0n) is 14.9. The van der Waals surface area contributed by atoms with Crippen LogP contribution in [0.5, 0.6) is 5.75 Å². The first-order chi connectivity index (χ1) is 12.6. The number of halogens is 1. The minimum atomic E-state index is 0.318. The largest absolute Gasteiger partial charge is 0.497 e. The average molecular weight is 404 g/mol. The molecule has 0 radical (unpaired) electrons. The van der Waals surface area contributed by atoms with Gasteiger partial charge in [-0.3, -0.25) is 0 Å². The van der Waals surface area contributed by atoms with Gasteiger partial charge in [-0.05, 0) is 47.9 Å². The summed E-state index contributed by atoms with van der Waals surface area (Å²) in [6, 6.07) is 16.5. The van der Waals surface area contributed by atoms with Gasteiger partial charge < -0.3 is 9.64 Å². The summed E-state index contributed by atoms with van der Waals surface area (Å²) in [6.45, 7) is 3.03. The molecule has 0 bridgehead atoms. The van der Waals surface area contributed by atoms with Crippen molar-refractivity contribution in [1.29, 1.82) is 0 Å². The highest BCUT2D eigenvalue weighted by molar-refractivity contribution is 8.26. The van der Waals surface area contributed by atoms with Crippen LogP contribution in [-0.4, -0.2) is 22.4 Å². The first-order valence-electron chi connectivity index (χ1n) is 8.69. The van der Waals surface area contributed by atoms with E-state index >= 15 is 0 Å². The van der Waals surface area contributed by atoms with Gasteiger partial charge in [-0.15, -0.1) is 0 Å². The minimum absolute atomic E-state index is 0.318. The normalized spacial score (nSPS) is 18.6. The summed E-state index contributed by atoms with van der Waals surface area (Å²) in [5.74, 6) is 0.874. The number of nitrogens with zero attached hydrogens (tertiary/aromatic N) is 1. The fourth-order valence-corrected chi connectivity index (χ4v) is 4.83. The number of benzene rings is 2. The van der Waals surface area contributed by atoms with E-state index in [4.69, 9.17) is 28.6 Å². The lowest BCUT2D eigenvalue weighted by atomic mass is 10.1. The Morgan fingerprint density at radius 2 is 2.00 bits per heavy atom. The molecule has 1 saturated heterocycles. The minimum Gasteiger partial charge on any atom is -0.497 e. The smallest absolute Gasteiger partial charge is 0.141 e. The lowest BCUT2D eigenvalue weighted by Crippen LogP contribution is -2.31. The third-order valence-electron chi connectivity index (χ3n) is 4.38. The Labute approximate surface area is 170 Å². The second kappa shape index (κ2) is 8.94. The van der Waals surface area contributed by atoms with E-state index in [1.54, 1.807) is 18.9 Å². The van der Waals surface area contributed by atoms with Crippen molar-refractivity contribution in [2.45, 2.75) is 32.4 Å². The summed E-state index contributed by atoms with van der Waals surface area (Å²) in [5.41, 5.74) is 2.36. The van der Waals surface area contributed by atoms with Crippen molar-refractivity contribution in [1.82, 2.24) is 4.90 Å². The summed E-state index contributed by atoms with van der Waals surface area (Å²) in [4.78, 5) is 3.63. The quantitative estimate of drug-likeness (QED) is 0.517. The molecule has 0 N–H and O–H groups in total. The Hall–Kier alpha value is -1.49. The summed E-state index contributed by atoms with van der Waals surface area (Å²) >= 11 is 13.5. The zero-order valence-corrected chi connectivity index (χ0v) is 17.3. The molecule has 26 heavy (non-hydrogen) atoms. The van der Waals surface area contributed by atoms with Crippen LogP contribution in [0, 0.1) is 0 Å². The van der Waals surface area contributed by atoms with E-state index in [1.165, 1.54) is 10.5 Å². The van der Waals surface area contributed by atoms with Crippen molar-refractivity contribution in [2.75, 3.05) is 7.11 Å². The molecular formula is C21H22ClNOS2. The molecule has 0 amide bonds. The number of thioether (sulfide) groups is 1. The second-order valence-corrected chi connectivity index (χ2v) is 8.39.